The van der Waals surface area contributed by atoms with Crippen LogP contribution in [0, 0.1) is 22.7 Å². The standard InChI is InChI=1S/C21H19N7O5S/c1-10(19(29)25-11-5-12(31-3)7-13(6-11)32-4)34-20-15(9-23)16(14(8-22)18(24)26-20)17-21(30)33-27-28(17)2/h5-7,10H,1-4H3,(H3-,24,25,26,27,29,30)/p+1. The molecule has 0 spiro atoms. The third-order valence-electron chi connectivity index (χ3n) is 4.73. The van der Waals surface area contributed by atoms with Gasteiger partial charge in [-0.15, -0.1) is 0 Å². The fraction of sp³-hybridized carbons (Fsp3) is 0.238. The number of amides is 1. The predicted molar refractivity (Wildman–Crippen MR) is 121 cm³/mol. The lowest BCUT2D eigenvalue weighted by molar-refractivity contribution is -0.730. The number of hydrogen-bond acceptors (Lipinski definition) is 10. The Labute approximate surface area is 197 Å². The number of aryl methyl sites for hydroxylation is 1. The van der Waals surface area contributed by atoms with Gasteiger partial charge in [0.1, 0.15) is 45.6 Å². The summed E-state index contributed by atoms with van der Waals surface area (Å²) in [5.74, 6) is 0.393. The minimum atomic E-state index is -0.796. The van der Waals surface area contributed by atoms with Crippen molar-refractivity contribution in [2.24, 2.45) is 7.05 Å². The molecule has 34 heavy (non-hydrogen) atoms. The first-order valence-electron chi connectivity index (χ1n) is 9.66. The number of hydrogen-bond donors (Lipinski definition) is 3. The summed E-state index contributed by atoms with van der Waals surface area (Å²) in [5, 5.41) is 23.9. The van der Waals surface area contributed by atoms with Gasteiger partial charge in [0.15, 0.2) is 7.05 Å². The molecular formula is C21H20N7O5S+. The number of methoxy groups -OCH3 is 2. The Balaban J connectivity index is 1.99. The van der Waals surface area contributed by atoms with Crippen molar-refractivity contribution < 1.29 is 23.5 Å². The fourth-order valence-corrected chi connectivity index (χ4v) is 3.99. The van der Waals surface area contributed by atoms with Gasteiger partial charge in [-0.25, -0.2) is 9.78 Å². The second kappa shape index (κ2) is 9.97. The van der Waals surface area contributed by atoms with E-state index in [0.717, 1.165) is 11.8 Å². The Bertz CT molecular complexity index is 1380. The van der Waals surface area contributed by atoms with Crippen LogP contribution in [-0.4, -0.2) is 35.6 Å². The average molecular weight is 483 g/mol. The summed E-state index contributed by atoms with van der Waals surface area (Å²) in [6.07, 6.45) is 0. The van der Waals surface area contributed by atoms with Gasteiger partial charge in [0.2, 0.25) is 5.91 Å². The Kier molecular flexibility index (Phi) is 7.09. The first-order chi connectivity index (χ1) is 16.2. The van der Waals surface area contributed by atoms with Crippen LogP contribution in [0.1, 0.15) is 18.1 Å². The molecule has 4 N–H and O–H groups in total. The summed E-state index contributed by atoms with van der Waals surface area (Å²) in [5.41, 5.74) is 5.28. The highest BCUT2D eigenvalue weighted by Gasteiger charge is 2.32. The van der Waals surface area contributed by atoms with E-state index in [1.807, 2.05) is 12.1 Å². The molecular weight excluding hydrogens is 462 g/mol. The van der Waals surface area contributed by atoms with E-state index in [1.165, 1.54) is 25.9 Å². The second-order valence-corrected chi connectivity index (χ2v) is 8.22. The van der Waals surface area contributed by atoms with E-state index in [1.54, 1.807) is 25.1 Å². The van der Waals surface area contributed by atoms with Crippen LogP contribution in [-0.2, 0) is 11.8 Å². The number of nitriles is 2. The van der Waals surface area contributed by atoms with Crippen molar-refractivity contribution in [3.05, 3.63) is 39.7 Å². The molecule has 1 aromatic carbocycles. The molecule has 12 nitrogen and oxygen atoms in total. The third kappa shape index (κ3) is 4.65. The zero-order valence-corrected chi connectivity index (χ0v) is 19.4. The minimum Gasteiger partial charge on any atom is -0.497 e. The monoisotopic (exact) mass is 482 g/mol. The number of aromatic amines is 1. The van der Waals surface area contributed by atoms with Crippen molar-refractivity contribution in [3.63, 3.8) is 0 Å². The van der Waals surface area contributed by atoms with Crippen LogP contribution in [0.15, 0.2) is 32.5 Å². The van der Waals surface area contributed by atoms with Crippen molar-refractivity contribution in [3.8, 4) is 34.9 Å². The lowest BCUT2D eigenvalue weighted by atomic mass is 10.0. The normalized spacial score (nSPS) is 11.2. The van der Waals surface area contributed by atoms with E-state index < -0.39 is 16.8 Å². The average Bonchev–Trinajstić information content (AvgIpc) is 3.15. The van der Waals surface area contributed by atoms with Crippen molar-refractivity contribution in [2.45, 2.75) is 17.2 Å². The van der Waals surface area contributed by atoms with Gasteiger partial charge < -0.3 is 20.5 Å². The van der Waals surface area contributed by atoms with Crippen LogP contribution in [0.4, 0.5) is 11.5 Å². The number of nitrogens with one attached hydrogen (secondary N) is 2. The van der Waals surface area contributed by atoms with Crippen LogP contribution in [0.25, 0.3) is 11.3 Å². The van der Waals surface area contributed by atoms with Crippen LogP contribution in [0.3, 0.4) is 0 Å². The third-order valence-corrected chi connectivity index (χ3v) is 5.82. The van der Waals surface area contributed by atoms with Crippen LogP contribution < -0.4 is 30.8 Å². The number of rotatable bonds is 7. The highest BCUT2D eigenvalue weighted by atomic mass is 32.2. The van der Waals surface area contributed by atoms with E-state index in [9.17, 15) is 20.1 Å². The summed E-state index contributed by atoms with van der Waals surface area (Å²) in [4.78, 5) is 29.3. The largest absolute Gasteiger partial charge is 0.497 e. The van der Waals surface area contributed by atoms with Gasteiger partial charge in [0, 0.05) is 23.9 Å². The SMILES string of the molecule is COc1cc(NC(=O)C(C)Sc2nc(N)c(C#N)c(-c3c(=O)o[nH][n+]3C)c2C#N)cc(OC)c1. The molecule has 3 rings (SSSR count). The first-order valence-corrected chi connectivity index (χ1v) is 10.5. The highest BCUT2D eigenvalue weighted by molar-refractivity contribution is 8.00. The number of benzene rings is 1. The molecule has 1 amide bonds. The molecule has 13 heteroatoms. The zero-order valence-electron chi connectivity index (χ0n) is 18.6. The summed E-state index contributed by atoms with van der Waals surface area (Å²) >= 11 is 0.949. The number of aromatic nitrogens is 3. The second-order valence-electron chi connectivity index (χ2n) is 6.89. The number of nitrogen functional groups attached to an aromatic ring is 1. The van der Waals surface area contributed by atoms with Crippen molar-refractivity contribution in [2.75, 3.05) is 25.3 Å². The number of anilines is 2. The number of thioether (sulfide) groups is 1. The van der Waals surface area contributed by atoms with E-state index in [2.05, 4.69) is 15.6 Å². The summed E-state index contributed by atoms with van der Waals surface area (Å²) in [7, 11) is 4.46. The Morgan fingerprint density at radius 3 is 2.35 bits per heavy atom. The molecule has 0 radical (unpaired) electrons. The van der Waals surface area contributed by atoms with E-state index in [-0.39, 0.29) is 33.2 Å². The van der Waals surface area contributed by atoms with Crippen molar-refractivity contribution in [1.29, 1.82) is 10.5 Å². The molecule has 0 aliphatic carbocycles. The number of ether oxygens (including phenoxy) is 2. The predicted octanol–water partition coefficient (Wildman–Crippen LogP) is 1.32. The van der Waals surface area contributed by atoms with Crippen molar-refractivity contribution >= 4 is 29.2 Å². The van der Waals surface area contributed by atoms with Gasteiger partial charge in [-0.1, -0.05) is 16.4 Å². The maximum Gasteiger partial charge on any atom is 0.435 e. The lowest BCUT2D eigenvalue weighted by Gasteiger charge is -2.15. The number of nitrogens with zero attached hydrogens (tertiary/aromatic N) is 4. The maximum atomic E-state index is 12.9. The summed E-state index contributed by atoms with van der Waals surface area (Å²) in [6, 6.07) is 8.76. The van der Waals surface area contributed by atoms with E-state index >= 15 is 0 Å². The Hall–Kier alpha value is -4.49. The molecule has 2 heterocycles. The van der Waals surface area contributed by atoms with E-state index in [4.69, 9.17) is 19.7 Å². The number of carbonyl (C=O) groups excluding carboxylic acids is 1. The smallest absolute Gasteiger partial charge is 0.435 e. The van der Waals surface area contributed by atoms with E-state index in [0.29, 0.717) is 17.2 Å². The molecule has 2 aromatic heterocycles. The molecule has 1 unspecified atom stereocenters. The highest BCUT2D eigenvalue weighted by Crippen LogP contribution is 2.35. The number of nitrogens with two attached hydrogens (primary N) is 1. The number of H-pyrrole nitrogens is 1. The van der Waals surface area contributed by atoms with Crippen LogP contribution in [0.2, 0.25) is 0 Å². The minimum absolute atomic E-state index is 0.0253. The van der Waals surface area contributed by atoms with Crippen molar-refractivity contribution in [1.82, 2.24) is 10.3 Å². The first kappa shape index (κ1) is 24.2. The number of carbonyl (C=O) groups is 1. The van der Waals surface area contributed by atoms with Gasteiger partial charge in [0.25, 0.3) is 0 Å². The molecule has 3 aromatic rings. The van der Waals surface area contributed by atoms with Crippen LogP contribution >= 0.6 is 11.8 Å². The van der Waals surface area contributed by atoms with Gasteiger partial charge in [-0.3, -0.25) is 9.32 Å². The van der Waals surface area contributed by atoms with Gasteiger partial charge >= 0.3 is 11.3 Å². The summed E-state index contributed by atoms with van der Waals surface area (Å²) in [6.45, 7) is 1.61. The zero-order chi connectivity index (χ0) is 25.0. The van der Waals surface area contributed by atoms with Crippen LogP contribution in [0.5, 0.6) is 11.5 Å². The fourth-order valence-electron chi connectivity index (χ4n) is 3.08. The maximum absolute atomic E-state index is 12.9. The van der Waals surface area contributed by atoms with Gasteiger partial charge in [0.05, 0.1) is 25.0 Å². The van der Waals surface area contributed by atoms with Gasteiger partial charge in [-0.2, -0.15) is 10.5 Å². The molecule has 0 fully saturated rings. The molecule has 1 atom stereocenters. The van der Waals surface area contributed by atoms with Gasteiger partial charge in [-0.05, 0) is 12.2 Å². The molecule has 0 bridgehead atoms. The molecule has 0 saturated heterocycles. The summed E-state index contributed by atoms with van der Waals surface area (Å²) < 4.78 is 16.4. The molecule has 174 valence electrons. The Morgan fingerprint density at radius 2 is 1.85 bits per heavy atom. The topological polar surface area (TPSA) is 184 Å². The molecule has 0 aliphatic heterocycles. The number of pyridine rings is 1. The quantitative estimate of drug-likeness (QED) is 0.328. The lowest BCUT2D eigenvalue weighted by Crippen LogP contribution is -2.34. The molecule has 0 saturated carbocycles. The molecule has 0 aliphatic rings. The Morgan fingerprint density at radius 1 is 1.24 bits per heavy atom.